The molecule has 258 valence electrons. The first kappa shape index (κ1) is 33.7. The molecule has 1 saturated heterocycles. The molecule has 4 aliphatic rings. The van der Waals surface area contributed by atoms with Crippen molar-refractivity contribution in [2.24, 2.45) is 0 Å². The number of fused-ring (bicyclic) bond motifs is 7. The second-order valence-electron chi connectivity index (χ2n) is 13.6. The van der Waals surface area contributed by atoms with Gasteiger partial charge in [-0.15, -0.1) is 0 Å². The lowest BCUT2D eigenvalue weighted by Crippen LogP contribution is -2.63. The monoisotopic (exact) mass is 703 g/mol. The normalized spacial score (nSPS) is 26.7. The van der Waals surface area contributed by atoms with Gasteiger partial charge in [0, 0.05) is 72.3 Å². The Morgan fingerprint density at radius 3 is 2.82 bits per heavy atom. The summed E-state index contributed by atoms with van der Waals surface area (Å²) in [4.78, 5) is 46.5. The minimum absolute atomic E-state index is 0.0260. The number of nitrogens with zero attached hydrogens (tertiary/aromatic N) is 2. The van der Waals surface area contributed by atoms with Crippen molar-refractivity contribution in [3.8, 4) is 5.75 Å². The Bertz CT molecular complexity index is 1960. The van der Waals surface area contributed by atoms with Crippen molar-refractivity contribution in [1.29, 1.82) is 0 Å². The summed E-state index contributed by atoms with van der Waals surface area (Å²) in [5.41, 5.74) is 8.60. The highest BCUT2D eigenvalue weighted by molar-refractivity contribution is 8.76. The molecule has 5 heterocycles. The Labute approximate surface area is 292 Å². The maximum absolute atomic E-state index is 13.7. The van der Waals surface area contributed by atoms with E-state index in [0.29, 0.717) is 59.7 Å². The van der Waals surface area contributed by atoms with Crippen LogP contribution in [0.5, 0.6) is 5.75 Å². The van der Waals surface area contributed by atoms with E-state index in [1.54, 1.807) is 53.8 Å². The molecule has 1 aliphatic carbocycles. The molecule has 0 unspecified atom stereocenters. The molecule has 1 aromatic carbocycles. The SMILES string of the molecule is C/C=C(\C)C(=O)O[C@]1(C)CC=C2CSSC[C@H]3CCN3C(=O)Cc3cnc(N)cc3[C@@H]2[C@]12Cc1cc3cc(CCCO)c(=O)oc3cc1O2. The van der Waals surface area contributed by atoms with Crippen molar-refractivity contribution in [2.75, 3.05) is 30.4 Å². The Morgan fingerprint density at radius 1 is 1.22 bits per heavy atom. The fourth-order valence-electron chi connectivity index (χ4n) is 7.61. The van der Waals surface area contributed by atoms with E-state index >= 15 is 0 Å². The first-order valence-corrected chi connectivity index (χ1v) is 19.3. The van der Waals surface area contributed by atoms with E-state index in [2.05, 4.69) is 11.1 Å². The molecular weight excluding hydrogens is 663 g/mol. The van der Waals surface area contributed by atoms with E-state index in [-0.39, 0.29) is 25.0 Å². The van der Waals surface area contributed by atoms with Crippen molar-refractivity contribution >= 4 is 50.3 Å². The number of nitrogens with two attached hydrogens (primary N) is 1. The van der Waals surface area contributed by atoms with Crippen molar-refractivity contribution in [3.63, 3.8) is 0 Å². The zero-order valence-corrected chi connectivity index (χ0v) is 29.6. The van der Waals surface area contributed by atoms with E-state index in [4.69, 9.17) is 19.6 Å². The van der Waals surface area contributed by atoms with Crippen LogP contribution in [0.15, 0.2) is 63.0 Å². The van der Waals surface area contributed by atoms with Gasteiger partial charge in [-0.25, -0.2) is 14.6 Å². The van der Waals surface area contributed by atoms with Gasteiger partial charge in [0.1, 0.15) is 17.2 Å². The number of hydrogen-bond acceptors (Lipinski definition) is 11. The predicted octanol–water partition coefficient (Wildman–Crippen LogP) is 5.29. The van der Waals surface area contributed by atoms with Gasteiger partial charge < -0.3 is 29.6 Å². The lowest BCUT2D eigenvalue weighted by Gasteiger charge is -2.52. The van der Waals surface area contributed by atoms with Gasteiger partial charge in [-0.3, -0.25) is 4.79 Å². The number of hydrogen-bond donors (Lipinski definition) is 2. The number of carbonyl (C=O) groups excluding carboxylic acids is 2. The second-order valence-corrected chi connectivity index (χ2v) is 16.1. The van der Waals surface area contributed by atoms with Crippen LogP contribution in [0.4, 0.5) is 5.82 Å². The summed E-state index contributed by atoms with van der Waals surface area (Å²) in [6.07, 6.45) is 8.42. The van der Waals surface area contributed by atoms with Gasteiger partial charge in [-0.05, 0) is 74.9 Å². The molecular formula is C37H41N3O7S2. The molecule has 1 fully saturated rings. The molecule has 1 spiro atoms. The number of esters is 1. The smallest absolute Gasteiger partial charge is 0.339 e. The van der Waals surface area contributed by atoms with Crippen LogP contribution in [0.1, 0.15) is 68.2 Å². The number of anilines is 1. The molecule has 49 heavy (non-hydrogen) atoms. The van der Waals surface area contributed by atoms with Gasteiger partial charge in [-0.2, -0.15) is 0 Å². The zero-order chi connectivity index (χ0) is 34.5. The van der Waals surface area contributed by atoms with Gasteiger partial charge in [0.05, 0.1) is 12.3 Å². The molecule has 12 heteroatoms. The molecule has 1 amide bonds. The second kappa shape index (κ2) is 13.2. The molecule has 4 atom stereocenters. The largest absolute Gasteiger partial charge is 0.481 e. The maximum atomic E-state index is 13.7. The number of benzene rings is 1. The van der Waals surface area contributed by atoms with E-state index in [1.807, 2.05) is 30.0 Å². The van der Waals surface area contributed by atoms with Crippen molar-refractivity contribution < 1.29 is 28.6 Å². The minimum atomic E-state index is -1.16. The number of aliphatic hydroxyl groups excluding tert-OH is 1. The van der Waals surface area contributed by atoms with Crippen LogP contribution in [0, 0.1) is 0 Å². The van der Waals surface area contributed by atoms with Crippen LogP contribution in [0.3, 0.4) is 0 Å². The number of amides is 1. The fraction of sp³-hybridized carbons (Fsp3) is 0.459. The Balaban J connectivity index is 1.41. The summed E-state index contributed by atoms with van der Waals surface area (Å²) in [5, 5.41) is 10.1. The molecule has 3 N–H and O–H groups in total. The number of carbonyl (C=O) groups is 2. The third-order valence-corrected chi connectivity index (χ3v) is 13.0. The standard InChI is InChI=1S/C37H41N3O7S2/c1-4-21(2)34(43)47-36(3)9-7-23-19-48-49-20-27-8-10-40(27)32(42)14-26-18-39-31(38)15-28(26)33(23)37(36)17-25-13-24-12-22(6-5-11-41)35(44)45-29(24)16-30(25)46-37/h4,7,12-13,15-16,18,27,33,41H,5-6,8-11,14,17,19-20H2,1-3H3,(H2,38,39)/b21-4+/t27-,33-,36-,37-/m1/s1. The van der Waals surface area contributed by atoms with E-state index in [9.17, 15) is 19.5 Å². The van der Waals surface area contributed by atoms with Crippen LogP contribution in [0.25, 0.3) is 11.0 Å². The van der Waals surface area contributed by atoms with Crippen LogP contribution < -0.4 is 16.1 Å². The molecule has 3 aliphatic heterocycles. The van der Waals surface area contributed by atoms with E-state index in [0.717, 1.165) is 46.4 Å². The number of rotatable bonds is 5. The van der Waals surface area contributed by atoms with Crippen LogP contribution in [-0.2, 0) is 33.6 Å². The average molecular weight is 704 g/mol. The summed E-state index contributed by atoms with van der Waals surface area (Å²) in [6, 6.07) is 7.63. The highest BCUT2D eigenvalue weighted by Gasteiger charge is 2.64. The third-order valence-electron chi connectivity index (χ3n) is 10.6. The molecule has 0 saturated carbocycles. The summed E-state index contributed by atoms with van der Waals surface area (Å²) in [6.45, 7) is 6.18. The highest BCUT2D eigenvalue weighted by Crippen LogP contribution is 2.58. The first-order valence-electron chi connectivity index (χ1n) is 16.8. The Kier molecular flexibility index (Phi) is 9.08. The quantitative estimate of drug-likeness (QED) is 0.118. The number of aryl methyl sites for hydroxylation is 1. The zero-order valence-electron chi connectivity index (χ0n) is 28.0. The van der Waals surface area contributed by atoms with Crippen LogP contribution >= 0.6 is 21.6 Å². The van der Waals surface area contributed by atoms with Crippen molar-refractivity contribution in [2.45, 2.75) is 82.5 Å². The lowest BCUT2D eigenvalue weighted by atomic mass is 9.61. The van der Waals surface area contributed by atoms with Gasteiger partial charge in [0.25, 0.3) is 0 Å². The number of aliphatic hydroxyl groups is 1. The van der Waals surface area contributed by atoms with Gasteiger partial charge >= 0.3 is 11.6 Å². The van der Waals surface area contributed by atoms with E-state index in [1.165, 1.54) is 0 Å². The van der Waals surface area contributed by atoms with Gasteiger partial charge in [0.15, 0.2) is 11.2 Å². The topological polar surface area (TPSA) is 145 Å². The summed E-state index contributed by atoms with van der Waals surface area (Å²) in [5.74, 6) is 1.58. The molecule has 7 rings (SSSR count). The number of aromatic nitrogens is 1. The lowest BCUT2D eigenvalue weighted by molar-refractivity contribution is -0.183. The summed E-state index contributed by atoms with van der Waals surface area (Å²) < 4.78 is 19.4. The molecule has 0 radical (unpaired) electrons. The van der Waals surface area contributed by atoms with Gasteiger partial charge in [0.2, 0.25) is 5.91 Å². The predicted molar refractivity (Wildman–Crippen MR) is 192 cm³/mol. The van der Waals surface area contributed by atoms with E-state index < -0.39 is 28.7 Å². The Hall–Kier alpha value is -3.74. The molecule has 3 aromatic rings. The van der Waals surface area contributed by atoms with Crippen molar-refractivity contribution in [1.82, 2.24) is 9.88 Å². The highest BCUT2D eigenvalue weighted by atomic mass is 33.1. The van der Waals surface area contributed by atoms with Crippen LogP contribution in [0.2, 0.25) is 0 Å². The number of nitrogen functional groups attached to an aromatic ring is 1. The third kappa shape index (κ3) is 5.95. The van der Waals surface area contributed by atoms with Crippen molar-refractivity contribution in [3.05, 3.63) is 86.4 Å². The first-order chi connectivity index (χ1) is 23.6. The number of ether oxygens (including phenoxy) is 2. The number of allylic oxidation sites excluding steroid dienone is 1. The molecule has 10 nitrogen and oxygen atoms in total. The van der Waals surface area contributed by atoms with Crippen LogP contribution in [-0.4, -0.2) is 68.8 Å². The minimum Gasteiger partial charge on any atom is -0.481 e. The summed E-state index contributed by atoms with van der Waals surface area (Å²) >= 11 is 0. The average Bonchev–Trinajstić information content (AvgIpc) is 3.43. The summed E-state index contributed by atoms with van der Waals surface area (Å²) in [7, 11) is 3.53. The molecule has 2 aromatic heterocycles. The molecule has 0 bridgehead atoms. The number of pyridine rings is 1. The maximum Gasteiger partial charge on any atom is 0.339 e. The van der Waals surface area contributed by atoms with Gasteiger partial charge in [-0.1, -0.05) is 39.3 Å². The fourth-order valence-corrected chi connectivity index (χ4v) is 10.1. The Morgan fingerprint density at radius 2 is 2.06 bits per heavy atom.